The van der Waals surface area contributed by atoms with Gasteiger partial charge in [0.1, 0.15) is 0 Å². The van der Waals surface area contributed by atoms with Crippen molar-refractivity contribution in [3.8, 4) is 0 Å². The average Bonchev–Trinajstić information content (AvgIpc) is 2.62. The number of likely N-dealkylation sites (N-methyl/N-ethyl adjacent to an activating group) is 1. The summed E-state index contributed by atoms with van der Waals surface area (Å²) in [7, 11) is 2.12. The van der Waals surface area contributed by atoms with Gasteiger partial charge < -0.3 is 20.9 Å². The minimum absolute atomic E-state index is 0.162. The SMILES string of the molecule is CN1CCN(c2ccc(N)cc2NC(=O)/C=C/c2ccccc2)CC1. The van der Waals surface area contributed by atoms with Crippen LogP contribution in [-0.2, 0) is 4.79 Å². The molecule has 0 aliphatic carbocycles. The summed E-state index contributed by atoms with van der Waals surface area (Å²) in [5.74, 6) is -0.162. The number of benzene rings is 2. The van der Waals surface area contributed by atoms with Crippen molar-refractivity contribution in [2.24, 2.45) is 0 Å². The van der Waals surface area contributed by atoms with E-state index in [0.717, 1.165) is 43.1 Å². The number of amides is 1. The number of nitrogen functional groups attached to an aromatic ring is 1. The monoisotopic (exact) mass is 336 g/mol. The third-order valence-electron chi connectivity index (χ3n) is 4.35. The third-order valence-corrected chi connectivity index (χ3v) is 4.35. The van der Waals surface area contributed by atoms with Crippen LogP contribution in [0.3, 0.4) is 0 Å². The lowest BCUT2D eigenvalue weighted by Crippen LogP contribution is -2.44. The molecule has 0 aromatic heterocycles. The number of nitrogens with two attached hydrogens (primary N) is 1. The molecule has 2 aromatic carbocycles. The van der Waals surface area contributed by atoms with E-state index >= 15 is 0 Å². The van der Waals surface area contributed by atoms with Gasteiger partial charge >= 0.3 is 0 Å². The molecule has 0 atom stereocenters. The number of carbonyl (C=O) groups is 1. The molecule has 1 aliphatic rings. The van der Waals surface area contributed by atoms with Crippen LogP contribution >= 0.6 is 0 Å². The van der Waals surface area contributed by atoms with Crippen molar-refractivity contribution in [3.63, 3.8) is 0 Å². The first-order valence-electron chi connectivity index (χ1n) is 8.49. The Morgan fingerprint density at radius 3 is 2.52 bits per heavy atom. The van der Waals surface area contributed by atoms with Crippen LogP contribution < -0.4 is 16.0 Å². The van der Waals surface area contributed by atoms with Gasteiger partial charge in [-0.2, -0.15) is 0 Å². The minimum atomic E-state index is -0.162. The standard InChI is InChI=1S/C20H24N4O/c1-23-11-13-24(14-12-23)19-9-8-17(21)15-18(19)22-20(25)10-7-16-5-3-2-4-6-16/h2-10,15H,11-14,21H2,1H3,(H,22,25)/b10-7+. The number of anilines is 3. The van der Waals surface area contributed by atoms with Gasteiger partial charge in [-0.1, -0.05) is 30.3 Å². The molecule has 2 aromatic rings. The molecule has 130 valence electrons. The molecule has 1 aliphatic heterocycles. The summed E-state index contributed by atoms with van der Waals surface area (Å²) in [5.41, 5.74) is 9.33. The number of nitrogens with one attached hydrogen (secondary N) is 1. The van der Waals surface area contributed by atoms with E-state index in [0.29, 0.717) is 5.69 Å². The zero-order valence-corrected chi connectivity index (χ0v) is 14.5. The minimum Gasteiger partial charge on any atom is -0.399 e. The van der Waals surface area contributed by atoms with Crippen LogP contribution in [0.25, 0.3) is 6.08 Å². The smallest absolute Gasteiger partial charge is 0.248 e. The van der Waals surface area contributed by atoms with Crippen molar-refractivity contribution in [3.05, 3.63) is 60.2 Å². The lowest BCUT2D eigenvalue weighted by Gasteiger charge is -2.35. The molecule has 3 rings (SSSR count). The number of hydrogen-bond acceptors (Lipinski definition) is 4. The van der Waals surface area contributed by atoms with E-state index in [1.54, 1.807) is 12.2 Å². The van der Waals surface area contributed by atoms with E-state index in [9.17, 15) is 4.79 Å². The molecule has 0 spiro atoms. The molecule has 3 N–H and O–H groups in total. The second kappa shape index (κ2) is 7.85. The van der Waals surface area contributed by atoms with Crippen LogP contribution in [0.1, 0.15) is 5.56 Å². The maximum Gasteiger partial charge on any atom is 0.248 e. The highest BCUT2D eigenvalue weighted by atomic mass is 16.1. The maximum atomic E-state index is 12.3. The molecule has 1 amide bonds. The first-order valence-corrected chi connectivity index (χ1v) is 8.49. The van der Waals surface area contributed by atoms with Gasteiger partial charge in [0.15, 0.2) is 0 Å². The van der Waals surface area contributed by atoms with E-state index in [4.69, 9.17) is 5.73 Å². The van der Waals surface area contributed by atoms with Gasteiger partial charge in [-0.05, 0) is 36.9 Å². The summed E-state index contributed by atoms with van der Waals surface area (Å²) < 4.78 is 0. The summed E-state index contributed by atoms with van der Waals surface area (Å²) in [5, 5.41) is 2.97. The van der Waals surface area contributed by atoms with Crippen LogP contribution in [-0.4, -0.2) is 44.0 Å². The molecule has 0 saturated carbocycles. The molecule has 1 heterocycles. The van der Waals surface area contributed by atoms with E-state index in [2.05, 4.69) is 22.2 Å². The van der Waals surface area contributed by atoms with Crippen molar-refractivity contribution in [1.29, 1.82) is 0 Å². The fourth-order valence-corrected chi connectivity index (χ4v) is 2.89. The number of nitrogens with zero attached hydrogens (tertiary/aromatic N) is 2. The van der Waals surface area contributed by atoms with Crippen molar-refractivity contribution >= 4 is 29.0 Å². The van der Waals surface area contributed by atoms with Gasteiger partial charge in [-0.3, -0.25) is 4.79 Å². The molecule has 1 saturated heterocycles. The van der Waals surface area contributed by atoms with Crippen molar-refractivity contribution in [1.82, 2.24) is 4.90 Å². The molecular formula is C20H24N4O. The highest BCUT2D eigenvalue weighted by Gasteiger charge is 2.17. The normalized spacial score (nSPS) is 15.5. The second-order valence-corrected chi connectivity index (χ2v) is 6.30. The quantitative estimate of drug-likeness (QED) is 0.666. The predicted octanol–water partition coefficient (Wildman–Crippen LogP) is 2.67. The molecular weight excluding hydrogens is 312 g/mol. The van der Waals surface area contributed by atoms with Crippen LogP contribution in [0, 0.1) is 0 Å². The van der Waals surface area contributed by atoms with E-state index < -0.39 is 0 Å². The van der Waals surface area contributed by atoms with E-state index in [1.807, 2.05) is 48.5 Å². The van der Waals surface area contributed by atoms with Crippen LogP contribution in [0.2, 0.25) is 0 Å². The summed E-state index contributed by atoms with van der Waals surface area (Å²) in [6.45, 7) is 3.88. The molecule has 5 heteroatoms. The summed E-state index contributed by atoms with van der Waals surface area (Å²) in [4.78, 5) is 16.9. The Kier molecular flexibility index (Phi) is 5.36. The number of carbonyl (C=O) groups excluding carboxylic acids is 1. The maximum absolute atomic E-state index is 12.3. The van der Waals surface area contributed by atoms with Crippen molar-refractivity contribution in [2.45, 2.75) is 0 Å². The molecule has 0 radical (unpaired) electrons. The molecule has 0 bridgehead atoms. The number of hydrogen-bond donors (Lipinski definition) is 2. The second-order valence-electron chi connectivity index (χ2n) is 6.30. The highest BCUT2D eigenvalue weighted by molar-refractivity contribution is 6.04. The zero-order chi connectivity index (χ0) is 17.6. The Morgan fingerprint density at radius 2 is 1.80 bits per heavy atom. The third kappa shape index (κ3) is 4.61. The van der Waals surface area contributed by atoms with E-state index in [-0.39, 0.29) is 5.91 Å². The molecule has 25 heavy (non-hydrogen) atoms. The molecule has 1 fully saturated rings. The predicted molar refractivity (Wildman–Crippen MR) is 105 cm³/mol. The lowest BCUT2D eigenvalue weighted by molar-refractivity contribution is -0.111. The first-order chi connectivity index (χ1) is 12.1. The Bertz CT molecular complexity index is 750. The Hall–Kier alpha value is -2.79. The van der Waals surface area contributed by atoms with Crippen LogP contribution in [0.4, 0.5) is 17.1 Å². The lowest BCUT2D eigenvalue weighted by atomic mass is 10.2. The number of rotatable bonds is 4. The van der Waals surface area contributed by atoms with Crippen LogP contribution in [0.15, 0.2) is 54.6 Å². The van der Waals surface area contributed by atoms with Gasteiger partial charge in [0.25, 0.3) is 0 Å². The molecule has 0 unspecified atom stereocenters. The fourth-order valence-electron chi connectivity index (χ4n) is 2.89. The number of piperazine rings is 1. The summed E-state index contributed by atoms with van der Waals surface area (Å²) in [6.07, 6.45) is 3.35. The average molecular weight is 336 g/mol. The van der Waals surface area contributed by atoms with Crippen molar-refractivity contribution < 1.29 is 4.79 Å². The zero-order valence-electron chi connectivity index (χ0n) is 14.5. The van der Waals surface area contributed by atoms with Gasteiger partial charge in [0.2, 0.25) is 5.91 Å². The highest BCUT2D eigenvalue weighted by Crippen LogP contribution is 2.29. The van der Waals surface area contributed by atoms with Gasteiger partial charge in [-0.25, -0.2) is 0 Å². The Morgan fingerprint density at radius 1 is 1.08 bits per heavy atom. The Labute approximate surface area is 148 Å². The van der Waals surface area contributed by atoms with Crippen molar-refractivity contribution in [2.75, 3.05) is 49.2 Å². The molecule has 5 nitrogen and oxygen atoms in total. The first kappa shape index (κ1) is 17.0. The Balaban J connectivity index is 1.74. The summed E-state index contributed by atoms with van der Waals surface area (Å²) >= 11 is 0. The largest absolute Gasteiger partial charge is 0.399 e. The fraction of sp³-hybridized carbons (Fsp3) is 0.250. The summed E-state index contributed by atoms with van der Waals surface area (Å²) in [6, 6.07) is 15.4. The van der Waals surface area contributed by atoms with Gasteiger partial charge in [0, 0.05) is 37.9 Å². The topological polar surface area (TPSA) is 61.6 Å². The van der Waals surface area contributed by atoms with Crippen LogP contribution in [0.5, 0.6) is 0 Å². The van der Waals surface area contributed by atoms with Gasteiger partial charge in [0.05, 0.1) is 11.4 Å². The van der Waals surface area contributed by atoms with E-state index in [1.165, 1.54) is 0 Å². The van der Waals surface area contributed by atoms with Gasteiger partial charge in [-0.15, -0.1) is 0 Å².